The lowest BCUT2D eigenvalue weighted by Gasteiger charge is -2.31. The van der Waals surface area contributed by atoms with Crippen molar-refractivity contribution in [2.24, 2.45) is 23.2 Å². The van der Waals surface area contributed by atoms with Crippen molar-refractivity contribution < 1.29 is 14.0 Å². The van der Waals surface area contributed by atoms with E-state index >= 15 is 0 Å². The summed E-state index contributed by atoms with van der Waals surface area (Å²) in [6, 6.07) is 10.2. The monoisotopic (exact) mass is 488 g/mol. The van der Waals surface area contributed by atoms with Crippen molar-refractivity contribution in [2.45, 2.75) is 45.4 Å². The Balaban J connectivity index is 1.24. The molecule has 0 aliphatic heterocycles. The van der Waals surface area contributed by atoms with E-state index in [1.54, 1.807) is 38.4 Å². The van der Waals surface area contributed by atoms with E-state index < -0.39 is 5.41 Å². The molecule has 1 N–H and O–H groups in total. The van der Waals surface area contributed by atoms with Crippen molar-refractivity contribution in [2.75, 3.05) is 19.4 Å². The molecule has 5 rings (SSSR count). The number of fused-ring (bicyclic) bond motifs is 2. The molecule has 2 heterocycles. The second-order valence-corrected chi connectivity index (χ2v) is 11.2. The average molecular weight is 489 g/mol. The maximum atomic E-state index is 13.9. The van der Waals surface area contributed by atoms with Crippen LogP contribution < -0.4 is 5.32 Å². The van der Waals surface area contributed by atoms with Gasteiger partial charge in [-0.15, -0.1) is 0 Å². The number of pyridine rings is 2. The second kappa shape index (κ2) is 9.26. The van der Waals surface area contributed by atoms with Gasteiger partial charge >= 0.3 is 0 Å². The molecule has 2 saturated carbocycles. The van der Waals surface area contributed by atoms with Crippen LogP contribution in [0.2, 0.25) is 0 Å². The van der Waals surface area contributed by atoms with Crippen molar-refractivity contribution in [1.29, 1.82) is 0 Å². The highest BCUT2D eigenvalue weighted by Crippen LogP contribution is 2.56. The maximum Gasteiger partial charge on any atom is 0.254 e. The zero-order valence-electron chi connectivity index (χ0n) is 21.3. The first-order valence-electron chi connectivity index (χ1n) is 12.7. The summed E-state index contributed by atoms with van der Waals surface area (Å²) in [4.78, 5) is 35.5. The molecule has 2 unspecified atom stereocenters. The molecule has 0 bridgehead atoms. The van der Waals surface area contributed by atoms with Crippen molar-refractivity contribution >= 4 is 28.5 Å². The molecule has 6 nitrogen and oxygen atoms in total. The summed E-state index contributed by atoms with van der Waals surface area (Å²) >= 11 is 0. The van der Waals surface area contributed by atoms with Crippen molar-refractivity contribution in [1.82, 2.24) is 14.9 Å². The highest BCUT2D eigenvalue weighted by molar-refractivity contribution is 5.96. The third-order valence-corrected chi connectivity index (χ3v) is 8.46. The molecule has 2 aliphatic carbocycles. The van der Waals surface area contributed by atoms with Crippen LogP contribution in [-0.2, 0) is 4.79 Å². The predicted octanol–water partition coefficient (Wildman–Crippen LogP) is 5.66. The Morgan fingerprint density at radius 3 is 2.36 bits per heavy atom. The van der Waals surface area contributed by atoms with E-state index in [1.165, 1.54) is 22.7 Å². The molecule has 0 saturated heterocycles. The van der Waals surface area contributed by atoms with E-state index in [-0.39, 0.29) is 23.5 Å². The van der Waals surface area contributed by atoms with Crippen molar-refractivity contribution in [3.05, 3.63) is 65.7 Å². The average Bonchev–Trinajstić information content (AvgIpc) is 3.43. The lowest BCUT2D eigenvalue weighted by atomic mass is 9.75. The minimum absolute atomic E-state index is 0.0428. The summed E-state index contributed by atoms with van der Waals surface area (Å²) in [5, 5.41) is 3.88. The van der Waals surface area contributed by atoms with Gasteiger partial charge in [0, 0.05) is 37.3 Å². The topological polar surface area (TPSA) is 75.2 Å². The number of aromatic nitrogens is 2. The standard InChI is InChI=1S/C29H33FN4O2/c1-29(2,28(36)33-26-8-5-17(16-32-26)27(35)34(3)4)21-13-18-11-20(12-19(18)14-21)23-9-10-31-25-7-6-22(30)15-24(23)25/h5-10,15-16,18-21H,11-14H2,1-4H3,(H,32,33,36)/t18-,19+,20?,21?. The van der Waals surface area contributed by atoms with Gasteiger partial charge in [0.2, 0.25) is 5.91 Å². The van der Waals surface area contributed by atoms with Crippen LogP contribution in [0.1, 0.15) is 61.4 Å². The molecule has 2 aromatic heterocycles. The summed E-state index contributed by atoms with van der Waals surface area (Å²) in [5.74, 6) is 1.89. The van der Waals surface area contributed by atoms with E-state index in [4.69, 9.17) is 0 Å². The molecule has 4 atom stereocenters. The maximum absolute atomic E-state index is 13.9. The number of halogens is 1. The molecule has 0 spiro atoms. The normalized spacial score (nSPS) is 23.5. The van der Waals surface area contributed by atoms with Crippen LogP contribution in [0.3, 0.4) is 0 Å². The smallest absolute Gasteiger partial charge is 0.254 e. The van der Waals surface area contributed by atoms with Gasteiger partial charge in [-0.3, -0.25) is 14.6 Å². The molecule has 188 valence electrons. The first kappa shape index (κ1) is 24.3. The minimum atomic E-state index is -0.536. The third kappa shape index (κ3) is 4.47. The van der Waals surface area contributed by atoms with Crippen LogP contribution in [0.15, 0.2) is 48.8 Å². The molecule has 2 amide bonds. The van der Waals surface area contributed by atoms with E-state index in [1.807, 2.05) is 26.1 Å². The summed E-state index contributed by atoms with van der Waals surface area (Å²) in [6.07, 6.45) is 7.50. The first-order valence-corrected chi connectivity index (χ1v) is 12.7. The lowest BCUT2D eigenvalue weighted by Crippen LogP contribution is -2.37. The van der Waals surface area contributed by atoms with Gasteiger partial charge in [0.15, 0.2) is 0 Å². The summed E-state index contributed by atoms with van der Waals surface area (Å²) in [7, 11) is 3.39. The van der Waals surface area contributed by atoms with Gasteiger partial charge in [-0.1, -0.05) is 13.8 Å². The number of nitrogens with one attached hydrogen (secondary N) is 1. The molecular formula is C29H33FN4O2. The molecular weight excluding hydrogens is 455 g/mol. The number of hydrogen-bond acceptors (Lipinski definition) is 4. The second-order valence-electron chi connectivity index (χ2n) is 11.2. The summed E-state index contributed by atoms with van der Waals surface area (Å²) in [5.41, 5.74) is 1.99. The summed E-state index contributed by atoms with van der Waals surface area (Å²) in [6.45, 7) is 4.04. The predicted molar refractivity (Wildman–Crippen MR) is 138 cm³/mol. The Hall–Kier alpha value is -3.35. The number of anilines is 1. The van der Waals surface area contributed by atoms with Gasteiger partial charge in [-0.25, -0.2) is 9.37 Å². The van der Waals surface area contributed by atoms with Crippen LogP contribution in [0.25, 0.3) is 10.9 Å². The van der Waals surface area contributed by atoms with E-state index in [0.29, 0.717) is 29.1 Å². The largest absolute Gasteiger partial charge is 0.345 e. The summed E-state index contributed by atoms with van der Waals surface area (Å²) < 4.78 is 13.9. The number of hydrogen-bond donors (Lipinski definition) is 1. The van der Waals surface area contributed by atoms with Crippen LogP contribution in [-0.4, -0.2) is 40.8 Å². The van der Waals surface area contributed by atoms with Crippen molar-refractivity contribution in [3.8, 4) is 0 Å². The van der Waals surface area contributed by atoms with Gasteiger partial charge in [-0.2, -0.15) is 0 Å². The number of benzene rings is 1. The lowest BCUT2D eigenvalue weighted by molar-refractivity contribution is -0.126. The van der Waals surface area contributed by atoms with Gasteiger partial charge in [-0.05, 0) is 91.3 Å². The van der Waals surface area contributed by atoms with Crippen molar-refractivity contribution in [3.63, 3.8) is 0 Å². The molecule has 36 heavy (non-hydrogen) atoms. The van der Waals surface area contributed by atoms with Gasteiger partial charge in [0.05, 0.1) is 11.1 Å². The Kier molecular flexibility index (Phi) is 6.27. The van der Waals surface area contributed by atoms with Crippen LogP contribution in [0, 0.1) is 29.0 Å². The van der Waals surface area contributed by atoms with E-state index in [9.17, 15) is 14.0 Å². The number of carbonyl (C=O) groups excluding carboxylic acids is 2. The number of carbonyl (C=O) groups is 2. The highest BCUT2D eigenvalue weighted by Gasteiger charge is 2.49. The highest BCUT2D eigenvalue weighted by atomic mass is 19.1. The molecule has 0 radical (unpaired) electrons. The third-order valence-electron chi connectivity index (χ3n) is 8.46. The first-order chi connectivity index (χ1) is 17.1. The molecule has 7 heteroatoms. The molecule has 1 aromatic carbocycles. The Bertz CT molecular complexity index is 1290. The zero-order valence-corrected chi connectivity index (χ0v) is 21.3. The van der Waals surface area contributed by atoms with Crippen LogP contribution in [0.4, 0.5) is 10.2 Å². The fourth-order valence-electron chi connectivity index (χ4n) is 6.27. The Morgan fingerprint density at radius 2 is 1.72 bits per heavy atom. The molecule has 2 aliphatic rings. The Morgan fingerprint density at radius 1 is 1.00 bits per heavy atom. The SMILES string of the molecule is CN(C)C(=O)c1ccc(NC(=O)C(C)(C)C2C[C@H]3CC(c4ccnc5ccc(F)cc45)C[C@H]3C2)nc1. The molecule has 3 aromatic rings. The van der Waals surface area contributed by atoms with E-state index in [0.717, 1.165) is 36.6 Å². The van der Waals surface area contributed by atoms with Crippen LogP contribution >= 0.6 is 0 Å². The van der Waals surface area contributed by atoms with Gasteiger partial charge in [0.1, 0.15) is 11.6 Å². The van der Waals surface area contributed by atoms with Gasteiger partial charge in [0.25, 0.3) is 5.91 Å². The van der Waals surface area contributed by atoms with Gasteiger partial charge < -0.3 is 10.2 Å². The van der Waals surface area contributed by atoms with Crippen LogP contribution in [0.5, 0.6) is 0 Å². The number of amides is 2. The quantitative estimate of drug-likeness (QED) is 0.503. The fourth-order valence-corrected chi connectivity index (χ4v) is 6.27. The number of nitrogens with zero attached hydrogens (tertiary/aromatic N) is 3. The zero-order chi connectivity index (χ0) is 25.6. The minimum Gasteiger partial charge on any atom is -0.345 e. The Labute approximate surface area is 211 Å². The molecule has 2 fully saturated rings. The van der Waals surface area contributed by atoms with E-state index in [2.05, 4.69) is 15.3 Å². The fraction of sp³-hybridized carbons (Fsp3) is 0.448. The number of rotatable bonds is 5.